The molecule has 0 bridgehead atoms. The maximum Gasteiger partial charge on any atom is 0.221 e. The fraction of sp³-hybridized carbons (Fsp3) is 0.455. The average Bonchev–Trinajstić information content (AvgIpc) is 2.33. The molecule has 0 saturated carbocycles. The Morgan fingerprint density at radius 3 is 2.94 bits per heavy atom. The number of hydrogen-bond donors (Lipinski definition) is 3. The number of ether oxygens (including phenoxy) is 1. The zero-order chi connectivity index (χ0) is 13.4. The molecule has 0 atom stereocenters. The van der Waals surface area contributed by atoms with Crippen LogP contribution in [0.25, 0.3) is 0 Å². The first kappa shape index (κ1) is 14.7. The number of methoxy groups -OCH3 is 1. The Morgan fingerprint density at radius 2 is 2.28 bits per heavy atom. The molecular weight excluding hydrogens is 300 g/mol. The van der Waals surface area contributed by atoms with Gasteiger partial charge in [0, 0.05) is 32.8 Å². The summed E-state index contributed by atoms with van der Waals surface area (Å²) in [5.41, 5.74) is 7.07. The van der Waals surface area contributed by atoms with E-state index in [9.17, 15) is 4.79 Å². The summed E-state index contributed by atoms with van der Waals surface area (Å²) in [6.07, 6.45) is 3.58. The average molecular weight is 317 g/mol. The third-order valence-electron chi connectivity index (χ3n) is 2.21. The van der Waals surface area contributed by atoms with Crippen LogP contribution in [0.5, 0.6) is 0 Å². The zero-order valence-corrected chi connectivity index (χ0v) is 11.8. The quantitative estimate of drug-likeness (QED) is 0.653. The molecule has 1 aromatic heterocycles. The predicted octanol–water partition coefficient (Wildman–Crippen LogP) is 0.991. The van der Waals surface area contributed by atoms with E-state index in [2.05, 4.69) is 31.5 Å². The molecule has 0 aliphatic rings. The smallest absolute Gasteiger partial charge is 0.221 e. The van der Waals surface area contributed by atoms with Gasteiger partial charge >= 0.3 is 0 Å². The SMILES string of the molecule is COCCNC(=O)CCNc1c(N)cncc1Br. The van der Waals surface area contributed by atoms with Crippen LogP contribution in [-0.2, 0) is 9.53 Å². The fourth-order valence-corrected chi connectivity index (χ4v) is 1.81. The van der Waals surface area contributed by atoms with Crippen LogP contribution in [-0.4, -0.2) is 37.7 Å². The number of nitrogens with one attached hydrogen (secondary N) is 2. The number of halogens is 1. The van der Waals surface area contributed by atoms with Gasteiger partial charge in [0.05, 0.1) is 28.7 Å². The van der Waals surface area contributed by atoms with Crippen molar-refractivity contribution in [2.45, 2.75) is 6.42 Å². The Bertz CT molecular complexity index is 380. The predicted molar refractivity (Wildman–Crippen MR) is 74.3 cm³/mol. The van der Waals surface area contributed by atoms with Crippen molar-refractivity contribution in [3.63, 3.8) is 0 Å². The lowest BCUT2D eigenvalue weighted by atomic mass is 10.3. The number of anilines is 2. The molecule has 6 nitrogen and oxygen atoms in total. The molecule has 0 radical (unpaired) electrons. The Hall–Kier alpha value is -1.34. The molecule has 0 fully saturated rings. The van der Waals surface area contributed by atoms with Crippen LogP contribution in [0.2, 0.25) is 0 Å². The van der Waals surface area contributed by atoms with Gasteiger partial charge in [0.15, 0.2) is 0 Å². The third-order valence-corrected chi connectivity index (χ3v) is 2.81. The van der Waals surface area contributed by atoms with Crippen LogP contribution >= 0.6 is 15.9 Å². The summed E-state index contributed by atoms with van der Waals surface area (Å²) in [5, 5.41) is 5.84. The highest BCUT2D eigenvalue weighted by Crippen LogP contribution is 2.26. The summed E-state index contributed by atoms with van der Waals surface area (Å²) in [6.45, 7) is 1.55. The lowest BCUT2D eigenvalue weighted by molar-refractivity contribution is -0.121. The topological polar surface area (TPSA) is 89.3 Å². The highest BCUT2D eigenvalue weighted by molar-refractivity contribution is 9.10. The van der Waals surface area contributed by atoms with Crippen molar-refractivity contribution < 1.29 is 9.53 Å². The largest absolute Gasteiger partial charge is 0.396 e. The standard InChI is InChI=1S/C11H17BrN4O2/c1-18-5-4-15-10(17)2-3-16-11-8(12)6-14-7-9(11)13/h6-7H,2-5,13H2,1H3,(H,14,16)(H,15,17). The summed E-state index contributed by atoms with van der Waals surface area (Å²) in [6, 6.07) is 0. The summed E-state index contributed by atoms with van der Waals surface area (Å²) in [7, 11) is 1.59. The molecule has 0 spiro atoms. The second-order valence-electron chi connectivity index (χ2n) is 3.61. The Balaban J connectivity index is 2.31. The van der Waals surface area contributed by atoms with E-state index in [1.54, 1.807) is 19.5 Å². The Kier molecular flexibility index (Phi) is 6.45. The van der Waals surface area contributed by atoms with E-state index >= 15 is 0 Å². The summed E-state index contributed by atoms with van der Waals surface area (Å²) in [4.78, 5) is 15.3. The minimum Gasteiger partial charge on any atom is -0.396 e. The second-order valence-corrected chi connectivity index (χ2v) is 4.46. The first-order valence-corrected chi connectivity index (χ1v) is 6.33. The second kappa shape index (κ2) is 7.88. The molecule has 100 valence electrons. The van der Waals surface area contributed by atoms with E-state index in [4.69, 9.17) is 10.5 Å². The molecule has 1 amide bonds. The van der Waals surface area contributed by atoms with Crippen LogP contribution in [0.15, 0.2) is 16.9 Å². The normalized spacial score (nSPS) is 10.1. The van der Waals surface area contributed by atoms with E-state index in [0.29, 0.717) is 31.8 Å². The van der Waals surface area contributed by atoms with Gasteiger partial charge in [-0.15, -0.1) is 0 Å². The maximum atomic E-state index is 11.4. The number of nitrogens with two attached hydrogens (primary N) is 1. The highest BCUT2D eigenvalue weighted by atomic mass is 79.9. The van der Waals surface area contributed by atoms with Gasteiger partial charge < -0.3 is 21.1 Å². The molecule has 1 aromatic rings. The van der Waals surface area contributed by atoms with Gasteiger partial charge in [-0.2, -0.15) is 0 Å². The third kappa shape index (κ3) is 4.89. The van der Waals surface area contributed by atoms with E-state index in [-0.39, 0.29) is 5.91 Å². The molecule has 0 aromatic carbocycles. The van der Waals surface area contributed by atoms with Gasteiger partial charge in [0.25, 0.3) is 0 Å². The summed E-state index contributed by atoms with van der Waals surface area (Å²) in [5.74, 6) is -0.0247. The zero-order valence-electron chi connectivity index (χ0n) is 10.2. The van der Waals surface area contributed by atoms with Crippen molar-refractivity contribution in [2.24, 2.45) is 0 Å². The van der Waals surface area contributed by atoms with Crippen molar-refractivity contribution in [3.05, 3.63) is 16.9 Å². The van der Waals surface area contributed by atoms with Crippen molar-refractivity contribution in [1.82, 2.24) is 10.3 Å². The fourth-order valence-electron chi connectivity index (χ4n) is 1.32. The Morgan fingerprint density at radius 1 is 1.50 bits per heavy atom. The number of aromatic nitrogens is 1. The number of hydrogen-bond acceptors (Lipinski definition) is 5. The Labute approximate surface area is 114 Å². The molecule has 1 heterocycles. The van der Waals surface area contributed by atoms with Gasteiger partial charge in [-0.05, 0) is 15.9 Å². The molecule has 7 heteroatoms. The molecule has 0 aliphatic heterocycles. The number of pyridine rings is 1. The van der Waals surface area contributed by atoms with Crippen molar-refractivity contribution >= 4 is 33.2 Å². The summed E-state index contributed by atoms with van der Waals surface area (Å²) < 4.78 is 5.62. The molecular formula is C11H17BrN4O2. The number of amides is 1. The van der Waals surface area contributed by atoms with Crippen LogP contribution in [0, 0.1) is 0 Å². The highest BCUT2D eigenvalue weighted by Gasteiger charge is 2.05. The molecule has 0 unspecified atom stereocenters. The number of carbonyl (C=O) groups excluding carboxylic acids is 1. The van der Waals surface area contributed by atoms with Crippen molar-refractivity contribution in [2.75, 3.05) is 37.9 Å². The number of nitrogens with zero attached hydrogens (tertiary/aromatic N) is 1. The monoisotopic (exact) mass is 316 g/mol. The van der Waals surface area contributed by atoms with E-state index in [1.165, 1.54) is 0 Å². The van der Waals surface area contributed by atoms with E-state index < -0.39 is 0 Å². The maximum absolute atomic E-state index is 11.4. The number of nitrogen functional groups attached to an aromatic ring is 1. The van der Waals surface area contributed by atoms with Gasteiger partial charge in [-0.25, -0.2) is 0 Å². The van der Waals surface area contributed by atoms with Crippen molar-refractivity contribution in [3.8, 4) is 0 Å². The van der Waals surface area contributed by atoms with Crippen LogP contribution in [0.3, 0.4) is 0 Å². The van der Waals surface area contributed by atoms with E-state index in [0.717, 1.165) is 10.2 Å². The summed E-state index contributed by atoms with van der Waals surface area (Å²) >= 11 is 3.34. The lowest BCUT2D eigenvalue weighted by Gasteiger charge is -2.10. The molecule has 4 N–H and O–H groups in total. The number of rotatable bonds is 7. The molecule has 0 saturated heterocycles. The van der Waals surface area contributed by atoms with Gasteiger partial charge in [-0.1, -0.05) is 0 Å². The van der Waals surface area contributed by atoms with Crippen LogP contribution in [0.4, 0.5) is 11.4 Å². The first-order valence-electron chi connectivity index (χ1n) is 5.53. The van der Waals surface area contributed by atoms with Crippen LogP contribution in [0.1, 0.15) is 6.42 Å². The molecule has 0 aliphatic carbocycles. The number of carbonyl (C=O) groups is 1. The first-order chi connectivity index (χ1) is 8.65. The lowest BCUT2D eigenvalue weighted by Crippen LogP contribution is -2.28. The minimum atomic E-state index is -0.0247. The molecule has 1 rings (SSSR count). The van der Waals surface area contributed by atoms with E-state index in [1.807, 2.05) is 0 Å². The van der Waals surface area contributed by atoms with Crippen LogP contribution < -0.4 is 16.4 Å². The minimum absolute atomic E-state index is 0.0247. The van der Waals surface area contributed by atoms with Gasteiger partial charge in [-0.3, -0.25) is 9.78 Å². The van der Waals surface area contributed by atoms with Gasteiger partial charge in [0.1, 0.15) is 0 Å². The van der Waals surface area contributed by atoms with Crippen molar-refractivity contribution in [1.29, 1.82) is 0 Å². The molecule has 18 heavy (non-hydrogen) atoms. The van der Waals surface area contributed by atoms with Gasteiger partial charge in [0.2, 0.25) is 5.91 Å².